The molecule has 0 aromatic carbocycles. The summed E-state index contributed by atoms with van der Waals surface area (Å²) in [4.78, 5) is 9.43. The van der Waals surface area contributed by atoms with Gasteiger partial charge in [0.05, 0.1) is 5.56 Å². The molecule has 0 saturated heterocycles. The third-order valence-corrected chi connectivity index (χ3v) is 4.70. The van der Waals surface area contributed by atoms with Crippen LogP contribution >= 0.6 is 0 Å². The van der Waals surface area contributed by atoms with Gasteiger partial charge in [-0.2, -0.15) is 4.98 Å². The van der Waals surface area contributed by atoms with Crippen molar-refractivity contribution >= 4 is 5.82 Å². The number of aromatic nitrogens is 2. The normalized spacial score (nSPS) is 25.7. The fourth-order valence-corrected chi connectivity index (χ4v) is 3.09. The summed E-state index contributed by atoms with van der Waals surface area (Å²) in [5.41, 5.74) is 1.05. The van der Waals surface area contributed by atoms with Crippen molar-refractivity contribution in [1.29, 1.82) is 0 Å². The minimum atomic E-state index is 0.314. The lowest BCUT2D eigenvalue weighted by Gasteiger charge is -2.29. The summed E-state index contributed by atoms with van der Waals surface area (Å²) in [6, 6.07) is 0. The van der Waals surface area contributed by atoms with Crippen LogP contribution in [0.25, 0.3) is 0 Å². The van der Waals surface area contributed by atoms with Crippen molar-refractivity contribution in [2.45, 2.75) is 71.3 Å². The van der Waals surface area contributed by atoms with Gasteiger partial charge in [-0.05, 0) is 51.9 Å². The second-order valence-corrected chi connectivity index (χ2v) is 6.58. The first-order valence-corrected chi connectivity index (χ1v) is 8.48. The Balaban J connectivity index is 1.84. The lowest BCUT2D eigenvalue weighted by molar-refractivity contribution is 0.0964. The van der Waals surface area contributed by atoms with Crippen LogP contribution in [0.2, 0.25) is 0 Å². The van der Waals surface area contributed by atoms with Crippen molar-refractivity contribution in [1.82, 2.24) is 9.97 Å². The lowest BCUT2D eigenvalue weighted by atomic mass is 9.88. The quantitative estimate of drug-likeness (QED) is 0.888. The Morgan fingerprint density at radius 3 is 2.57 bits per heavy atom. The monoisotopic (exact) mass is 289 g/mol. The summed E-state index contributed by atoms with van der Waals surface area (Å²) in [5.74, 6) is 3.90. The van der Waals surface area contributed by atoms with Crippen LogP contribution in [0, 0.1) is 12.8 Å². The van der Waals surface area contributed by atoms with Crippen LogP contribution in [0.15, 0.2) is 0 Å². The zero-order valence-electron chi connectivity index (χ0n) is 13.5. The van der Waals surface area contributed by atoms with Crippen LogP contribution in [-0.2, 0) is 0 Å². The number of hydrogen-bond acceptors (Lipinski definition) is 4. The summed E-state index contributed by atoms with van der Waals surface area (Å²) in [7, 11) is 0. The third-order valence-electron chi connectivity index (χ3n) is 4.70. The van der Waals surface area contributed by atoms with Crippen LogP contribution in [0.1, 0.15) is 69.7 Å². The standard InChI is InChI=1S/C17H27N3O/c1-4-18-15-12(3)17(20-16(19-15)13-9-10-13)21-14-8-6-5-7-11(14)2/h11,13-14H,4-10H2,1-3H3,(H,18,19,20). The molecule has 2 unspecified atom stereocenters. The summed E-state index contributed by atoms with van der Waals surface area (Å²) in [6.45, 7) is 7.34. The average molecular weight is 289 g/mol. The van der Waals surface area contributed by atoms with Gasteiger partial charge < -0.3 is 10.1 Å². The maximum Gasteiger partial charge on any atom is 0.222 e. The molecule has 0 bridgehead atoms. The van der Waals surface area contributed by atoms with Gasteiger partial charge >= 0.3 is 0 Å². The number of rotatable bonds is 5. The molecule has 0 amide bonds. The van der Waals surface area contributed by atoms with Gasteiger partial charge in [-0.15, -0.1) is 0 Å². The summed E-state index contributed by atoms with van der Waals surface area (Å²) in [5, 5.41) is 3.36. The van der Waals surface area contributed by atoms with E-state index in [1.165, 1.54) is 32.1 Å². The summed E-state index contributed by atoms with van der Waals surface area (Å²) < 4.78 is 6.31. The topological polar surface area (TPSA) is 47.0 Å². The van der Waals surface area contributed by atoms with Gasteiger partial charge in [-0.3, -0.25) is 0 Å². The van der Waals surface area contributed by atoms with E-state index in [0.717, 1.165) is 36.1 Å². The predicted octanol–water partition coefficient (Wildman–Crippen LogP) is 4.05. The molecule has 2 aliphatic rings. The molecule has 1 aromatic rings. The lowest BCUT2D eigenvalue weighted by Crippen LogP contribution is -2.29. The van der Waals surface area contributed by atoms with Gasteiger partial charge in [0, 0.05) is 12.5 Å². The molecular formula is C17H27N3O. The van der Waals surface area contributed by atoms with Gasteiger partial charge in [-0.1, -0.05) is 13.3 Å². The van der Waals surface area contributed by atoms with Crippen molar-refractivity contribution in [2.75, 3.05) is 11.9 Å². The first-order valence-electron chi connectivity index (χ1n) is 8.48. The molecule has 0 aliphatic heterocycles. The average Bonchev–Trinajstić information content (AvgIpc) is 3.30. The van der Waals surface area contributed by atoms with Crippen molar-refractivity contribution in [3.63, 3.8) is 0 Å². The van der Waals surface area contributed by atoms with E-state index in [2.05, 4.69) is 26.1 Å². The Kier molecular flexibility index (Phi) is 4.32. The van der Waals surface area contributed by atoms with Crippen molar-refractivity contribution in [3.05, 3.63) is 11.4 Å². The highest BCUT2D eigenvalue weighted by Crippen LogP contribution is 2.40. The second kappa shape index (κ2) is 6.20. The van der Waals surface area contributed by atoms with Crippen LogP contribution in [0.4, 0.5) is 5.82 Å². The van der Waals surface area contributed by atoms with Crippen LogP contribution in [0.5, 0.6) is 5.88 Å². The van der Waals surface area contributed by atoms with E-state index in [0.29, 0.717) is 17.9 Å². The van der Waals surface area contributed by atoms with Crippen LogP contribution < -0.4 is 10.1 Å². The van der Waals surface area contributed by atoms with Gasteiger partial charge in [0.25, 0.3) is 0 Å². The van der Waals surface area contributed by atoms with Crippen LogP contribution in [-0.4, -0.2) is 22.6 Å². The molecule has 2 saturated carbocycles. The minimum absolute atomic E-state index is 0.314. The van der Waals surface area contributed by atoms with Gasteiger partial charge in [0.15, 0.2) is 0 Å². The molecule has 0 radical (unpaired) electrons. The van der Waals surface area contributed by atoms with E-state index < -0.39 is 0 Å². The van der Waals surface area contributed by atoms with E-state index in [-0.39, 0.29) is 0 Å². The van der Waals surface area contributed by atoms with Crippen molar-refractivity contribution in [2.24, 2.45) is 5.92 Å². The summed E-state index contributed by atoms with van der Waals surface area (Å²) in [6.07, 6.45) is 7.77. The largest absolute Gasteiger partial charge is 0.474 e. The molecule has 2 fully saturated rings. The molecule has 21 heavy (non-hydrogen) atoms. The molecule has 2 aliphatic carbocycles. The number of nitrogens with zero attached hydrogens (tertiary/aromatic N) is 2. The number of hydrogen-bond donors (Lipinski definition) is 1. The molecule has 3 rings (SSSR count). The van der Waals surface area contributed by atoms with Crippen molar-refractivity contribution < 1.29 is 4.74 Å². The molecule has 0 spiro atoms. The third kappa shape index (κ3) is 3.30. The van der Waals surface area contributed by atoms with E-state index in [1.807, 2.05) is 0 Å². The van der Waals surface area contributed by atoms with E-state index in [1.54, 1.807) is 0 Å². The maximum atomic E-state index is 6.31. The highest BCUT2D eigenvalue weighted by atomic mass is 16.5. The molecule has 116 valence electrons. The molecule has 1 heterocycles. The molecule has 2 atom stereocenters. The predicted molar refractivity (Wildman–Crippen MR) is 85.0 cm³/mol. The Labute approximate surface area is 127 Å². The highest BCUT2D eigenvalue weighted by Gasteiger charge is 2.30. The molecule has 1 N–H and O–H groups in total. The maximum absolute atomic E-state index is 6.31. The fraction of sp³-hybridized carbons (Fsp3) is 0.765. The van der Waals surface area contributed by atoms with Gasteiger partial charge in [-0.25, -0.2) is 4.98 Å². The molecule has 4 heteroatoms. The van der Waals surface area contributed by atoms with Gasteiger partial charge in [0.2, 0.25) is 5.88 Å². The zero-order chi connectivity index (χ0) is 14.8. The number of nitrogens with one attached hydrogen (secondary N) is 1. The van der Waals surface area contributed by atoms with E-state index in [9.17, 15) is 0 Å². The Morgan fingerprint density at radius 2 is 1.90 bits per heavy atom. The molecule has 4 nitrogen and oxygen atoms in total. The van der Waals surface area contributed by atoms with E-state index >= 15 is 0 Å². The number of anilines is 1. The smallest absolute Gasteiger partial charge is 0.222 e. The van der Waals surface area contributed by atoms with Crippen molar-refractivity contribution in [3.8, 4) is 5.88 Å². The zero-order valence-corrected chi connectivity index (χ0v) is 13.5. The Hall–Kier alpha value is -1.32. The SMILES string of the molecule is CCNc1nc(C2CC2)nc(OC2CCCCC2C)c1C. The van der Waals surface area contributed by atoms with Gasteiger partial charge in [0.1, 0.15) is 17.7 Å². The molecule has 1 aromatic heterocycles. The first-order chi connectivity index (χ1) is 10.2. The highest BCUT2D eigenvalue weighted by molar-refractivity contribution is 5.49. The van der Waals surface area contributed by atoms with Crippen LogP contribution in [0.3, 0.4) is 0 Å². The molecular weight excluding hydrogens is 262 g/mol. The number of ether oxygens (including phenoxy) is 1. The second-order valence-electron chi connectivity index (χ2n) is 6.58. The minimum Gasteiger partial charge on any atom is -0.474 e. The fourth-order valence-electron chi connectivity index (χ4n) is 3.09. The Morgan fingerprint density at radius 1 is 1.14 bits per heavy atom. The summed E-state index contributed by atoms with van der Waals surface area (Å²) >= 11 is 0. The first kappa shape index (κ1) is 14.6. The Bertz CT molecular complexity index is 499. The van der Waals surface area contributed by atoms with E-state index in [4.69, 9.17) is 14.7 Å².